The molecule has 0 atom stereocenters. The molecule has 1 aromatic carbocycles. The maximum Gasteiger partial charge on any atom is 0.254 e. The Bertz CT molecular complexity index is 1260. The summed E-state index contributed by atoms with van der Waals surface area (Å²) in [5.74, 6) is 0.882. The van der Waals surface area contributed by atoms with Gasteiger partial charge in [0.05, 0.1) is 30.2 Å². The van der Waals surface area contributed by atoms with E-state index in [0.29, 0.717) is 19.7 Å². The maximum absolute atomic E-state index is 13.8. The monoisotopic (exact) mass is 487 g/mol. The number of ether oxygens (including phenoxy) is 1. The van der Waals surface area contributed by atoms with Crippen LogP contribution in [-0.2, 0) is 19.4 Å². The molecule has 0 fully saturated rings. The van der Waals surface area contributed by atoms with Crippen LogP contribution in [0.2, 0.25) is 0 Å². The Morgan fingerprint density at radius 2 is 1.81 bits per heavy atom. The zero-order chi connectivity index (χ0) is 25.8. The molecule has 0 saturated carbocycles. The van der Waals surface area contributed by atoms with E-state index >= 15 is 0 Å². The largest absolute Gasteiger partial charge is 0.493 e. The summed E-state index contributed by atoms with van der Waals surface area (Å²) < 4.78 is 5.75. The molecule has 36 heavy (non-hydrogen) atoms. The first-order chi connectivity index (χ1) is 17.3. The number of hydrogen-bond donors (Lipinski definition) is 0. The van der Waals surface area contributed by atoms with Gasteiger partial charge in [0.25, 0.3) is 5.91 Å². The summed E-state index contributed by atoms with van der Waals surface area (Å²) in [6.45, 7) is 13.7. The van der Waals surface area contributed by atoms with Crippen molar-refractivity contribution in [1.82, 2.24) is 25.0 Å². The van der Waals surface area contributed by atoms with Crippen molar-refractivity contribution < 1.29 is 9.53 Å². The Morgan fingerprint density at radius 1 is 1.03 bits per heavy atom. The molecule has 0 spiro atoms. The van der Waals surface area contributed by atoms with Crippen LogP contribution in [0.25, 0.3) is 11.1 Å². The van der Waals surface area contributed by atoms with Crippen molar-refractivity contribution in [3.63, 3.8) is 0 Å². The molecule has 0 N–H and O–H groups in total. The number of pyridine rings is 1. The normalized spacial score (nSPS) is 13.3. The SMILES string of the molecule is CCOc1cc(CN2CCc3c(cc(CCN(C)CC)cc3-c3cc(C)nnc3C)C2=O)ncc1C. The first kappa shape index (κ1) is 25.8. The highest BCUT2D eigenvalue weighted by Gasteiger charge is 2.28. The van der Waals surface area contributed by atoms with Gasteiger partial charge >= 0.3 is 0 Å². The average Bonchev–Trinajstić information content (AvgIpc) is 2.87. The number of carbonyl (C=O) groups excluding carboxylic acids is 1. The summed E-state index contributed by atoms with van der Waals surface area (Å²) in [6, 6.07) is 8.40. The van der Waals surface area contributed by atoms with E-state index in [1.807, 2.05) is 44.9 Å². The number of likely N-dealkylation sites (N-methyl/N-ethyl adjacent to an activating group) is 1. The van der Waals surface area contributed by atoms with E-state index in [4.69, 9.17) is 4.74 Å². The number of benzene rings is 1. The van der Waals surface area contributed by atoms with Crippen molar-refractivity contribution in [3.8, 4) is 16.9 Å². The Balaban J connectivity index is 1.71. The Morgan fingerprint density at radius 3 is 2.56 bits per heavy atom. The lowest BCUT2D eigenvalue weighted by Crippen LogP contribution is -2.37. The molecule has 0 unspecified atom stereocenters. The Labute approximate surface area is 214 Å². The van der Waals surface area contributed by atoms with Crippen LogP contribution in [0.15, 0.2) is 30.5 Å². The number of nitrogens with zero attached hydrogens (tertiary/aromatic N) is 5. The van der Waals surface area contributed by atoms with E-state index < -0.39 is 0 Å². The third-order valence-electron chi connectivity index (χ3n) is 6.94. The molecule has 0 aliphatic carbocycles. The smallest absolute Gasteiger partial charge is 0.254 e. The summed E-state index contributed by atoms with van der Waals surface area (Å²) in [5.41, 5.74) is 8.83. The lowest BCUT2D eigenvalue weighted by molar-refractivity contribution is 0.0724. The van der Waals surface area contributed by atoms with Crippen LogP contribution in [0.1, 0.15) is 58.0 Å². The highest BCUT2D eigenvalue weighted by Crippen LogP contribution is 2.34. The van der Waals surface area contributed by atoms with Crippen molar-refractivity contribution in [2.75, 3.05) is 33.3 Å². The fraction of sp³-hybridized carbons (Fsp3) is 0.448. The number of fused-ring (bicyclic) bond motifs is 1. The van der Waals surface area contributed by atoms with E-state index in [9.17, 15) is 4.79 Å². The van der Waals surface area contributed by atoms with E-state index in [1.54, 1.807) is 0 Å². The second-order valence-electron chi connectivity index (χ2n) is 9.65. The Kier molecular flexibility index (Phi) is 7.99. The first-order valence-corrected chi connectivity index (χ1v) is 12.8. The lowest BCUT2D eigenvalue weighted by Gasteiger charge is -2.31. The third kappa shape index (κ3) is 5.57. The molecule has 7 nitrogen and oxygen atoms in total. The number of aromatic nitrogens is 3. The summed E-state index contributed by atoms with van der Waals surface area (Å²) in [7, 11) is 2.12. The van der Waals surface area contributed by atoms with Gasteiger partial charge in [0.15, 0.2) is 0 Å². The van der Waals surface area contributed by atoms with Gasteiger partial charge in [-0.3, -0.25) is 9.78 Å². The molecule has 4 rings (SSSR count). The number of rotatable bonds is 9. The van der Waals surface area contributed by atoms with E-state index in [-0.39, 0.29) is 5.91 Å². The average molecular weight is 488 g/mol. The molecule has 1 aliphatic rings. The second-order valence-corrected chi connectivity index (χ2v) is 9.65. The molecule has 0 bridgehead atoms. The molecule has 1 amide bonds. The predicted molar refractivity (Wildman–Crippen MR) is 142 cm³/mol. The van der Waals surface area contributed by atoms with Crippen molar-refractivity contribution in [2.24, 2.45) is 0 Å². The van der Waals surface area contributed by atoms with Crippen LogP contribution in [0, 0.1) is 20.8 Å². The van der Waals surface area contributed by atoms with Crippen molar-refractivity contribution in [1.29, 1.82) is 0 Å². The number of hydrogen-bond acceptors (Lipinski definition) is 6. The standard InChI is InChI=1S/C29H37N5O2/c1-7-33(6)11-9-22-14-26(25-13-20(4)31-32-21(25)5)24-10-12-34(29(35)27(24)15-22)18-23-16-28(36-8-2)19(3)17-30-23/h13-17H,7-12,18H2,1-6H3. The van der Waals surface area contributed by atoms with Gasteiger partial charge < -0.3 is 14.5 Å². The molecule has 2 aromatic heterocycles. The minimum atomic E-state index is 0.0555. The van der Waals surface area contributed by atoms with Gasteiger partial charge in [-0.1, -0.05) is 13.0 Å². The van der Waals surface area contributed by atoms with E-state index in [1.165, 1.54) is 5.56 Å². The molecule has 7 heteroatoms. The summed E-state index contributed by atoms with van der Waals surface area (Å²) >= 11 is 0. The Hall–Kier alpha value is -3.32. The van der Waals surface area contributed by atoms with Crippen LogP contribution in [0.5, 0.6) is 5.75 Å². The van der Waals surface area contributed by atoms with Gasteiger partial charge in [-0.25, -0.2) is 0 Å². The summed E-state index contributed by atoms with van der Waals surface area (Å²) in [4.78, 5) is 22.6. The first-order valence-electron chi connectivity index (χ1n) is 12.8. The van der Waals surface area contributed by atoms with Gasteiger partial charge in [-0.05, 0) is 83.0 Å². The molecule has 1 aliphatic heterocycles. The summed E-state index contributed by atoms with van der Waals surface area (Å²) in [5, 5.41) is 8.59. The fourth-order valence-corrected chi connectivity index (χ4v) is 4.69. The van der Waals surface area contributed by atoms with Crippen LogP contribution < -0.4 is 4.74 Å². The molecule has 3 heterocycles. The number of carbonyl (C=O) groups is 1. The van der Waals surface area contributed by atoms with Crippen LogP contribution in [-0.4, -0.2) is 64.2 Å². The topological polar surface area (TPSA) is 71.5 Å². The van der Waals surface area contributed by atoms with Gasteiger partial charge in [-0.15, -0.1) is 0 Å². The van der Waals surface area contributed by atoms with Gasteiger partial charge in [-0.2, -0.15) is 10.2 Å². The molecule has 190 valence electrons. The molecular formula is C29H37N5O2. The third-order valence-corrected chi connectivity index (χ3v) is 6.94. The second kappa shape index (κ2) is 11.2. The zero-order valence-electron chi connectivity index (χ0n) is 22.4. The van der Waals surface area contributed by atoms with Gasteiger partial charge in [0.1, 0.15) is 5.75 Å². The minimum absolute atomic E-state index is 0.0555. The van der Waals surface area contributed by atoms with Crippen molar-refractivity contribution >= 4 is 5.91 Å². The van der Waals surface area contributed by atoms with Gasteiger partial charge in [0, 0.05) is 42.0 Å². The molecular weight excluding hydrogens is 450 g/mol. The van der Waals surface area contributed by atoms with E-state index in [2.05, 4.69) is 52.3 Å². The number of aryl methyl sites for hydroxylation is 3. The molecule has 0 radical (unpaired) electrons. The minimum Gasteiger partial charge on any atom is -0.493 e. The van der Waals surface area contributed by atoms with Crippen molar-refractivity contribution in [2.45, 2.75) is 54.0 Å². The van der Waals surface area contributed by atoms with Crippen LogP contribution in [0.3, 0.4) is 0 Å². The molecule has 3 aromatic rings. The summed E-state index contributed by atoms with van der Waals surface area (Å²) in [6.07, 6.45) is 3.49. The highest BCUT2D eigenvalue weighted by atomic mass is 16.5. The highest BCUT2D eigenvalue weighted by molar-refractivity contribution is 5.99. The lowest BCUT2D eigenvalue weighted by atomic mass is 9.87. The number of amides is 1. The fourth-order valence-electron chi connectivity index (χ4n) is 4.69. The predicted octanol–water partition coefficient (Wildman–Crippen LogP) is 4.56. The maximum atomic E-state index is 13.8. The van der Waals surface area contributed by atoms with Crippen LogP contribution in [0.4, 0.5) is 0 Å². The van der Waals surface area contributed by atoms with Crippen molar-refractivity contribution in [3.05, 3.63) is 69.8 Å². The molecule has 0 saturated heterocycles. The van der Waals surface area contributed by atoms with Gasteiger partial charge in [0.2, 0.25) is 0 Å². The zero-order valence-corrected chi connectivity index (χ0v) is 22.4. The van der Waals surface area contributed by atoms with Crippen LogP contribution >= 0.6 is 0 Å². The quantitative estimate of drug-likeness (QED) is 0.441. The van der Waals surface area contributed by atoms with E-state index in [0.717, 1.165) is 76.6 Å².